The molecular formula is C20H23N3OS. The van der Waals surface area contributed by atoms with Crippen LogP contribution in [0.4, 0.5) is 0 Å². The molecule has 0 aliphatic carbocycles. The van der Waals surface area contributed by atoms with Gasteiger partial charge in [0.1, 0.15) is 5.69 Å². The van der Waals surface area contributed by atoms with Crippen molar-refractivity contribution < 1.29 is 4.79 Å². The molecule has 3 rings (SSSR count). The second-order valence-corrected chi connectivity index (χ2v) is 6.96. The van der Waals surface area contributed by atoms with Crippen LogP contribution in [-0.2, 0) is 6.54 Å². The van der Waals surface area contributed by atoms with Crippen LogP contribution in [0.5, 0.6) is 0 Å². The molecule has 2 aromatic heterocycles. The SMILES string of the molecule is CCCCCNC(=O)c1cn(Cc2ccccc2)nc1-c1cccs1. The van der Waals surface area contributed by atoms with Gasteiger partial charge in [0.05, 0.1) is 17.0 Å². The number of aromatic nitrogens is 2. The van der Waals surface area contributed by atoms with E-state index in [9.17, 15) is 4.79 Å². The van der Waals surface area contributed by atoms with E-state index in [1.54, 1.807) is 11.3 Å². The van der Waals surface area contributed by atoms with Gasteiger partial charge in [-0.05, 0) is 23.4 Å². The zero-order valence-corrected chi connectivity index (χ0v) is 15.3. The quantitative estimate of drug-likeness (QED) is 0.603. The van der Waals surface area contributed by atoms with Crippen LogP contribution in [0.2, 0.25) is 0 Å². The zero-order chi connectivity index (χ0) is 17.5. The number of nitrogens with zero attached hydrogens (tertiary/aromatic N) is 2. The lowest BCUT2D eigenvalue weighted by Gasteiger charge is -2.04. The molecule has 0 aliphatic heterocycles. The van der Waals surface area contributed by atoms with E-state index in [0.29, 0.717) is 18.7 Å². The maximum Gasteiger partial charge on any atom is 0.255 e. The third kappa shape index (κ3) is 4.57. The molecule has 0 radical (unpaired) electrons. The standard InChI is InChI=1S/C20H23N3OS/c1-2-3-7-12-21-20(24)17-15-23(14-16-9-5-4-6-10-16)22-19(17)18-11-8-13-25-18/h4-6,8-11,13,15H,2-3,7,12,14H2,1H3,(H,21,24). The fourth-order valence-electron chi connectivity index (χ4n) is 2.71. The summed E-state index contributed by atoms with van der Waals surface area (Å²) in [5, 5.41) is 9.71. The Labute approximate surface area is 152 Å². The van der Waals surface area contributed by atoms with Crippen molar-refractivity contribution in [2.24, 2.45) is 0 Å². The first kappa shape index (κ1) is 17.4. The van der Waals surface area contributed by atoms with Gasteiger partial charge in [-0.1, -0.05) is 56.2 Å². The van der Waals surface area contributed by atoms with Crippen molar-refractivity contribution >= 4 is 17.2 Å². The summed E-state index contributed by atoms with van der Waals surface area (Å²) in [7, 11) is 0. The molecule has 0 unspecified atom stereocenters. The Bertz CT molecular complexity index is 794. The number of carbonyl (C=O) groups is 1. The van der Waals surface area contributed by atoms with Crippen molar-refractivity contribution in [3.8, 4) is 10.6 Å². The summed E-state index contributed by atoms with van der Waals surface area (Å²) < 4.78 is 1.85. The molecule has 0 atom stereocenters. The van der Waals surface area contributed by atoms with Crippen molar-refractivity contribution in [2.75, 3.05) is 6.54 Å². The number of unbranched alkanes of at least 4 members (excludes halogenated alkanes) is 2. The summed E-state index contributed by atoms with van der Waals surface area (Å²) in [5.74, 6) is -0.0428. The zero-order valence-electron chi connectivity index (χ0n) is 14.4. The number of hydrogen-bond acceptors (Lipinski definition) is 3. The molecular weight excluding hydrogens is 330 g/mol. The Morgan fingerprint density at radius 2 is 2.00 bits per heavy atom. The van der Waals surface area contributed by atoms with E-state index >= 15 is 0 Å². The van der Waals surface area contributed by atoms with Crippen molar-refractivity contribution in [1.82, 2.24) is 15.1 Å². The van der Waals surface area contributed by atoms with Gasteiger partial charge in [-0.15, -0.1) is 11.3 Å². The molecule has 0 aliphatic rings. The number of thiophene rings is 1. The molecule has 2 heterocycles. The molecule has 0 saturated heterocycles. The number of rotatable bonds is 8. The smallest absolute Gasteiger partial charge is 0.255 e. The second-order valence-electron chi connectivity index (χ2n) is 6.01. The maximum absolute atomic E-state index is 12.6. The minimum atomic E-state index is -0.0428. The monoisotopic (exact) mass is 353 g/mol. The van der Waals surface area contributed by atoms with Crippen LogP contribution in [0.1, 0.15) is 42.1 Å². The van der Waals surface area contributed by atoms with Crippen LogP contribution in [0.25, 0.3) is 10.6 Å². The highest BCUT2D eigenvalue weighted by molar-refractivity contribution is 7.13. The van der Waals surface area contributed by atoms with Gasteiger partial charge in [0.15, 0.2) is 0 Å². The Morgan fingerprint density at radius 3 is 2.72 bits per heavy atom. The molecule has 0 bridgehead atoms. The molecule has 1 N–H and O–H groups in total. The molecule has 130 valence electrons. The van der Waals surface area contributed by atoms with E-state index in [1.807, 2.05) is 46.6 Å². The first-order chi connectivity index (χ1) is 12.3. The van der Waals surface area contributed by atoms with Gasteiger partial charge in [0.2, 0.25) is 0 Å². The van der Waals surface area contributed by atoms with Crippen molar-refractivity contribution in [3.63, 3.8) is 0 Å². The number of nitrogens with one attached hydrogen (secondary N) is 1. The average Bonchev–Trinajstić information content (AvgIpc) is 3.29. The maximum atomic E-state index is 12.6. The molecule has 1 amide bonds. The lowest BCUT2D eigenvalue weighted by Crippen LogP contribution is -2.24. The minimum Gasteiger partial charge on any atom is -0.352 e. The van der Waals surface area contributed by atoms with Gasteiger partial charge in [-0.25, -0.2) is 0 Å². The Balaban J connectivity index is 1.81. The predicted octanol–water partition coefficient (Wildman–Crippen LogP) is 4.58. The summed E-state index contributed by atoms with van der Waals surface area (Å²) >= 11 is 1.60. The number of amides is 1. The van der Waals surface area contributed by atoms with E-state index in [-0.39, 0.29) is 5.91 Å². The van der Waals surface area contributed by atoms with Gasteiger partial charge in [-0.2, -0.15) is 5.10 Å². The minimum absolute atomic E-state index is 0.0428. The van der Waals surface area contributed by atoms with E-state index in [2.05, 4.69) is 29.5 Å². The fourth-order valence-corrected chi connectivity index (χ4v) is 3.43. The van der Waals surface area contributed by atoms with E-state index < -0.39 is 0 Å². The molecule has 0 spiro atoms. The lowest BCUT2D eigenvalue weighted by atomic mass is 10.2. The van der Waals surface area contributed by atoms with Crippen molar-refractivity contribution in [3.05, 3.63) is 65.2 Å². The highest BCUT2D eigenvalue weighted by atomic mass is 32.1. The topological polar surface area (TPSA) is 46.9 Å². The van der Waals surface area contributed by atoms with Crippen LogP contribution >= 0.6 is 11.3 Å². The highest BCUT2D eigenvalue weighted by Gasteiger charge is 2.18. The summed E-state index contributed by atoms with van der Waals surface area (Å²) in [5.41, 5.74) is 2.58. The van der Waals surface area contributed by atoms with E-state index in [4.69, 9.17) is 0 Å². The number of benzene rings is 1. The van der Waals surface area contributed by atoms with Crippen molar-refractivity contribution in [1.29, 1.82) is 0 Å². The van der Waals surface area contributed by atoms with Gasteiger partial charge < -0.3 is 5.32 Å². The third-order valence-electron chi connectivity index (χ3n) is 4.01. The van der Waals surface area contributed by atoms with Crippen LogP contribution in [0.15, 0.2) is 54.0 Å². The first-order valence-corrected chi connectivity index (χ1v) is 9.59. The molecule has 0 fully saturated rings. The van der Waals surface area contributed by atoms with Gasteiger partial charge in [0.25, 0.3) is 5.91 Å². The molecule has 4 nitrogen and oxygen atoms in total. The van der Waals surface area contributed by atoms with Crippen LogP contribution < -0.4 is 5.32 Å². The summed E-state index contributed by atoms with van der Waals surface area (Å²) in [6, 6.07) is 14.2. The van der Waals surface area contributed by atoms with Crippen LogP contribution in [0.3, 0.4) is 0 Å². The largest absolute Gasteiger partial charge is 0.352 e. The summed E-state index contributed by atoms with van der Waals surface area (Å²) in [6.07, 6.45) is 5.14. The summed E-state index contributed by atoms with van der Waals surface area (Å²) in [4.78, 5) is 13.6. The third-order valence-corrected chi connectivity index (χ3v) is 4.89. The van der Waals surface area contributed by atoms with Crippen LogP contribution in [-0.4, -0.2) is 22.2 Å². The normalized spacial score (nSPS) is 10.8. The Hall–Kier alpha value is -2.40. The molecule has 1 aromatic carbocycles. The first-order valence-electron chi connectivity index (χ1n) is 8.71. The number of carbonyl (C=O) groups excluding carboxylic acids is 1. The van der Waals surface area contributed by atoms with Gasteiger partial charge >= 0.3 is 0 Å². The molecule has 0 saturated carbocycles. The van der Waals surface area contributed by atoms with E-state index in [1.165, 1.54) is 0 Å². The van der Waals surface area contributed by atoms with Crippen molar-refractivity contribution in [2.45, 2.75) is 32.7 Å². The molecule has 25 heavy (non-hydrogen) atoms. The molecule has 5 heteroatoms. The Morgan fingerprint density at radius 1 is 1.16 bits per heavy atom. The average molecular weight is 353 g/mol. The predicted molar refractivity (Wildman–Crippen MR) is 103 cm³/mol. The van der Waals surface area contributed by atoms with Crippen LogP contribution in [0, 0.1) is 0 Å². The lowest BCUT2D eigenvalue weighted by molar-refractivity contribution is 0.0953. The molecule has 3 aromatic rings. The van der Waals surface area contributed by atoms with Gasteiger partial charge in [0, 0.05) is 12.7 Å². The van der Waals surface area contributed by atoms with E-state index in [0.717, 1.165) is 35.4 Å². The second kappa shape index (κ2) is 8.62. The highest BCUT2D eigenvalue weighted by Crippen LogP contribution is 2.27. The number of hydrogen-bond donors (Lipinski definition) is 1. The Kier molecular flexibility index (Phi) is 6.01. The van der Waals surface area contributed by atoms with Gasteiger partial charge in [-0.3, -0.25) is 9.48 Å². The summed E-state index contributed by atoms with van der Waals surface area (Å²) in [6.45, 7) is 3.52. The fraction of sp³-hybridized carbons (Fsp3) is 0.300.